The molecule has 3 rings (SSSR count). The lowest BCUT2D eigenvalue weighted by Gasteiger charge is -2.17. The van der Waals surface area contributed by atoms with Crippen LogP contribution in [0.15, 0.2) is 48.5 Å². The molecule has 1 aliphatic carbocycles. The fourth-order valence-electron chi connectivity index (χ4n) is 2.79. The van der Waals surface area contributed by atoms with Gasteiger partial charge in [0, 0.05) is 5.56 Å². The minimum Gasteiger partial charge on any atom is -0.490 e. The lowest BCUT2D eigenvalue weighted by molar-refractivity contribution is 0.0697. The molecule has 1 N–H and O–H groups in total. The first-order valence-electron chi connectivity index (χ1n) is 7.33. The molecular weight excluding hydrogens is 264 g/mol. The minimum absolute atomic E-state index is 0.253. The van der Waals surface area contributed by atoms with E-state index < -0.39 is 5.97 Å². The second-order valence-electron chi connectivity index (χ2n) is 5.41. The van der Waals surface area contributed by atoms with Crippen molar-refractivity contribution >= 4 is 5.97 Å². The zero-order valence-corrected chi connectivity index (χ0v) is 11.8. The Labute approximate surface area is 124 Å². The number of rotatable bonds is 4. The maximum Gasteiger partial charge on any atom is 0.335 e. The zero-order valence-electron chi connectivity index (χ0n) is 11.8. The van der Waals surface area contributed by atoms with Crippen LogP contribution in [-0.4, -0.2) is 17.2 Å². The van der Waals surface area contributed by atoms with Gasteiger partial charge in [-0.15, -0.1) is 0 Å². The Morgan fingerprint density at radius 1 is 1.05 bits per heavy atom. The SMILES string of the molecule is O=C(O)c1ccc(OC2CCCC2)c(-c2ccccc2)c1. The Bertz CT molecular complexity index is 628. The van der Waals surface area contributed by atoms with Gasteiger partial charge < -0.3 is 9.84 Å². The molecule has 0 heterocycles. The van der Waals surface area contributed by atoms with Crippen LogP contribution in [0.4, 0.5) is 0 Å². The van der Waals surface area contributed by atoms with Crippen LogP contribution in [0.5, 0.6) is 5.75 Å². The van der Waals surface area contributed by atoms with Crippen LogP contribution in [0, 0.1) is 0 Å². The average molecular weight is 282 g/mol. The molecule has 2 aromatic rings. The first-order chi connectivity index (χ1) is 10.2. The maximum atomic E-state index is 11.2. The Morgan fingerprint density at radius 3 is 2.43 bits per heavy atom. The summed E-state index contributed by atoms with van der Waals surface area (Å²) < 4.78 is 6.10. The quantitative estimate of drug-likeness (QED) is 0.905. The average Bonchev–Trinajstić information content (AvgIpc) is 3.01. The van der Waals surface area contributed by atoms with Crippen molar-refractivity contribution in [2.45, 2.75) is 31.8 Å². The van der Waals surface area contributed by atoms with Crippen molar-refractivity contribution < 1.29 is 14.6 Å². The van der Waals surface area contributed by atoms with Crippen LogP contribution in [0.1, 0.15) is 36.0 Å². The zero-order chi connectivity index (χ0) is 14.7. The van der Waals surface area contributed by atoms with Crippen LogP contribution in [0.2, 0.25) is 0 Å². The number of carboxylic acids is 1. The van der Waals surface area contributed by atoms with E-state index in [2.05, 4.69) is 0 Å². The molecular formula is C18H18O3. The number of benzene rings is 2. The molecule has 108 valence electrons. The van der Waals surface area contributed by atoms with Crippen LogP contribution < -0.4 is 4.74 Å². The second-order valence-corrected chi connectivity index (χ2v) is 5.41. The summed E-state index contributed by atoms with van der Waals surface area (Å²) >= 11 is 0. The van der Waals surface area contributed by atoms with Gasteiger partial charge in [0.25, 0.3) is 0 Å². The van der Waals surface area contributed by atoms with E-state index in [1.165, 1.54) is 12.8 Å². The molecule has 1 fully saturated rings. The molecule has 0 unspecified atom stereocenters. The van der Waals surface area contributed by atoms with E-state index in [0.29, 0.717) is 0 Å². The van der Waals surface area contributed by atoms with Crippen molar-refractivity contribution in [1.82, 2.24) is 0 Å². The van der Waals surface area contributed by atoms with Gasteiger partial charge >= 0.3 is 5.97 Å². The molecule has 0 spiro atoms. The lowest BCUT2D eigenvalue weighted by atomic mass is 10.0. The Balaban J connectivity index is 1.99. The Morgan fingerprint density at radius 2 is 1.76 bits per heavy atom. The van der Waals surface area contributed by atoms with Crippen molar-refractivity contribution in [2.24, 2.45) is 0 Å². The molecule has 0 aliphatic heterocycles. The third kappa shape index (κ3) is 3.07. The lowest BCUT2D eigenvalue weighted by Crippen LogP contribution is -2.12. The molecule has 0 saturated heterocycles. The summed E-state index contributed by atoms with van der Waals surface area (Å²) in [4.78, 5) is 11.2. The van der Waals surface area contributed by atoms with E-state index in [1.807, 2.05) is 30.3 Å². The Kier molecular flexibility index (Phi) is 3.91. The normalized spacial score (nSPS) is 15.0. The maximum absolute atomic E-state index is 11.2. The predicted octanol–water partition coefficient (Wildman–Crippen LogP) is 4.37. The van der Waals surface area contributed by atoms with E-state index in [0.717, 1.165) is 29.7 Å². The summed E-state index contributed by atoms with van der Waals surface area (Å²) in [6, 6.07) is 14.9. The number of hydrogen-bond donors (Lipinski definition) is 1. The number of carbonyl (C=O) groups is 1. The summed E-state index contributed by atoms with van der Waals surface area (Å²) in [6.45, 7) is 0. The van der Waals surface area contributed by atoms with Gasteiger partial charge in [0.1, 0.15) is 5.75 Å². The van der Waals surface area contributed by atoms with Crippen molar-refractivity contribution in [3.05, 3.63) is 54.1 Å². The first-order valence-corrected chi connectivity index (χ1v) is 7.33. The summed E-state index contributed by atoms with van der Waals surface area (Å²) in [5, 5.41) is 9.19. The van der Waals surface area contributed by atoms with Crippen molar-refractivity contribution in [2.75, 3.05) is 0 Å². The van der Waals surface area contributed by atoms with Crippen LogP contribution in [0.25, 0.3) is 11.1 Å². The highest BCUT2D eigenvalue weighted by molar-refractivity contribution is 5.90. The van der Waals surface area contributed by atoms with Gasteiger partial charge in [-0.05, 0) is 49.4 Å². The van der Waals surface area contributed by atoms with Gasteiger partial charge in [-0.25, -0.2) is 4.79 Å². The molecule has 2 aromatic carbocycles. The number of aromatic carboxylic acids is 1. The van der Waals surface area contributed by atoms with Crippen molar-refractivity contribution in [3.63, 3.8) is 0 Å². The van der Waals surface area contributed by atoms with Crippen LogP contribution in [0.3, 0.4) is 0 Å². The monoisotopic (exact) mass is 282 g/mol. The summed E-state index contributed by atoms with van der Waals surface area (Å²) in [7, 11) is 0. The summed E-state index contributed by atoms with van der Waals surface area (Å²) in [6.07, 6.45) is 4.82. The number of hydrogen-bond acceptors (Lipinski definition) is 2. The van der Waals surface area contributed by atoms with Gasteiger partial charge in [0.15, 0.2) is 0 Å². The van der Waals surface area contributed by atoms with Crippen molar-refractivity contribution in [1.29, 1.82) is 0 Å². The van der Waals surface area contributed by atoms with Gasteiger partial charge in [-0.1, -0.05) is 30.3 Å². The standard InChI is InChI=1S/C18H18O3/c19-18(20)14-10-11-17(21-15-8-4-5-9-15)16(12-14)13-6-2-1-3-7-13/h1-3,6-7,10-12,15H,4-5,8-9H2,(H,19,20). The number of ether oxygens (including phenoxy) is 1. The third-order valence-electron chi connectivity index (χ3n) is 3.91. The van der Waals surface area contributed by atoms with Gasteiger partial charge in [0.05, 0.1) is 11.7 Å². The molecule has 1 saturated carbocycles. The molecule has 21 heavy (non-hydrogen) atoms. The molecule has 0 bridgehead atoms. The molecule has 0 radical (unpaired) electrons. The third-order valence-corrected chi connectivity index (χ3v) is 3.91. The number of carboxylic acid groups (broad SMARTS) is 1. The van der Waals surface area contributed by atoms with Crippen molar-refractivity contribution in [3.8, 4) is 16.9 Å². The van der Waals surface area contributed by atoms with Gasteiger partial charge in [-0.3, -0.25) is 0 Å². The van der Waals surface area contributed by atoms with Gasteiger partial charge in [0.2, 0.25) is 0 Å². The van der Waals surface area contributed by atoms with E-state index in [1.54, 1.807) is 18.2 Å². The molecule has 3 heteroatoms. The second kappa shape index (κ2) is 6.00. The minimum atomic E-state index is -0.917. The molecule has 0 atom stereocenters. The topological polar surface area (TPSA) is 46.5 Å². The Hall–Kier alpha value is -2.29. The highest BCUT2D eigenvalue weighted by Gasteiger charge is 2.19. The highest BCUT2D eigenvalue weighted by atomic mass is 16.5. The largest absolute Gasteiger partial charge is 0.490 e. The molecule has 0 aromatic heterocycles. The predicted molar refractivity (Wildman–Crippen MR) is 81.7 cm³/mol. The smallest absolute Gasteiger partial charge is 0.335 e. The fraction of sp³-hybridized carbons (Fsp3) is 0.278. The summed E-state index contributed by atoms with van der Waals surface area (Å²) in [5.41, 5.74) is 2.11. The van der Waals surface area contributed by atoms with E-state index in [4.69, 9.17) is 4.74 Å². The van der Waals surface area contributed by atoms with E-state index in [9.17, 15) is 9.90 Å². The van der Waals surface area contributed by atoms with Crippen LogP contribution >= 0.6 is 0 Å². The fourth-order valence-corrected chi connectivity index (χ4v) is 2.79. The van der Waals surface area contributed by atoms with Crippen LogP contribution in [-0.2, 0) is 0 Å². The summed E-state index contributed by atoms with van der Waals surface area (Å²) in [5.74, 6) is -0.141. The van der Waals surface area contributed by atoms with E-state index in [-0.39, 0.29) is 11.7 Å². The first kappa shape index (κ1) is 13.7. The highest BCUT2D eigenvalue weighted by Crippen LogP contribution is 2.34. The van der Waals surface area contributed by atoms with Gasteiger partial charge in [-0.2, -0.15) is 0 Å². The molecule has 0 amide bonds. The van der Waals surface area contributed by atoms with E-state index >= 15 is 0 Å². The molecule has 1 aliphatic rings. The molecule has 3 nitrogen and oxygen atoms in total.